The number of hydrogen-bond donors (Lipinski definition) is 1. The molecule has 0 amide bonds. The molecule has 0 bridgehead atoms. The highest BCUT2D eigenvalue weighted by Gasteiger charge is 2.31. The zero-order chi connectivity index (χ0) is 12.5. The van der Waals surface area contributed by atoms with Crippen molar-refractivity contribution in [3.63, 3.8) is 0 Å². The molecule has 1 aliphatic rings. The molecule has 2 rings (SSSR count). The highest BCUT2D eigenvalue weighted by atomic mass is 19.4. The van der Waals surface area contributed by atoms with Crippen molar-refractivity contribution in [1.29, 1.82) is 0 Å². The van der Waals surface area contributed by atoms with Gasteiger partial charge < -0.3 is 5.11 Å². The predicted molar refractivity (Wildman–Crippen MR) is 58.7 cm³/mol. The summed E-state index contributed by atoms with van der Waals surface area (Å²) in [6, 6.07) is 5.19. The molecule has 0 aromatic heterocycles. The lowest BCUT2D eigenvalue weighted by Gasteiger charge is -2.19. The van der Waals surface area contributed by atoms with E-state index >= 15 is 0 Å². The zero-order valence-corrected chi connectivity index (χ0v) is 9.43. The molecule has 0 aliphatic heterocycles. The molecule has 1 aromatic carbocycles. The Kier molecular flexibility index (Phi) is 3.43. The minimum atomic E-state index is -4.32. The first-order valence-electron chi connectivity index (χ1n) is 5.82. The van der Waals surface area contributed by atoms with Crippen LogP contribution in [0.5, 0.6) is 0 Å². The van der Waals surface area contributed by atoms with Crippen LogP contribution in [0.4, 0.5) is 13.2 Å². The van der Waals surface area contributed by atoms with Crippen LogP contribution in [0.25, 0.3) is 0 Å². The monoisotopic (exact) mass is 244 g/mol. The Balaban J connectivity index is 2.16. The van der Waals surface area contributed by atoms with Crippen LogP contribution >= 0.6 is 0 Å². The minimum absolute atomic E-state index is 0.378. The largest absolute Gasteiger partial charge is 0.391 e. The fourth-order valence-electron chi connectivity index (χ4n) is 2.30. The third-order valence-corrected chi connectivity index (χ3v) is 3.18. The zero-order valence-electron chi connectivity index (χ0n) is 9.43. The van der Waals surface area contributed by atoms with Crippen molar-refractivity contribution in [2.45, 2.75) is 44.4 Å². The van der Waals surface area contributed by atoms with E-state index in [1.807, 2.05) is 6.07 Å². The van der Waals surface area contributed by atoms with Gasteiger partial charge in [-0.25, -0.2) is 0 Å². The van der Waals surface area contributed by atoms with Crippen LogP contribution in [0.15, 0.2) is 18.2 Å². The van der Waals surface area contributed by atoms with Gasteiger partial charge in [-0.15, -0.1) is 0 Å². The smallest absolute Gasteiger partial charge is 0.388 e. The van der Waals surface area contributed by atoms with Gasteiger partial charge in [0.1, 0.15) is 0 Å². The topological polar surface area (TPSA) is 20.2 Å². The van der Waals surface area contributed by atoms with Gasteiger partial charge in [0.25, 0.3) is 0 Å². The van der Waals surface area contributed by atoms with Crippen molar-refractivity contribution in [2.24, 2.45) is 0 Å². The molecule has 0 fully saturated rings. The first kappa shape index (κ1) is 12.4. The van der Waals surface area contributed by atoms with Gasteiger partial charge in [-0.3, -0.25) is 0 Å². The second-order valence-corrected chi connectivity index (χ2v) is 4.57. The molecule has 1 aliphatic carbocycles. The molecule has 4 heteroatoms. The number of aliphatic hydroxyl groups is 1. The average molecular weight is 244 g/mol. The SMILES string of the molecule is OC(CC(F)(F)F)c1ccc2c(c1)CCCC2. The minimum Gasteiger partial charge on any atom is -0.388 e. The van der Waals surface area contributed by atoms with Crippen LogP contribution in [0.2, 0.25) is 0 Å². The van der Waals surface area contributed by atoms with Crippen molar-refractivity contribution >= 4 is 0 Å². The van der Waals surface area contributed by atoms with E-state index in [0.29, 0.717) is 5.56 Å². The summed E-state index contributed by atoms with van der Waals surface area (Å²) in [5, 5.41) is 9.54. The van der Waals surface area contributed by atoms with Crippen molar-refractivity contribution < 1.29 is 18.3 Å². The fraction of sp³-hybridized carbons (Fsp3) is 0.538. The van der Waals surface area contributed by atoms with Crippen molar-refractivity contribution in [3.8, 4) is 0 Å². The van der Waals surface area contributed by atoms with Gasteiger partial charge in [0.15, 0.2) is 0 Å². The summed E-state index contributed by atoms with van der Waals surface area (Å²) in [5.41, 5.74) is 2.68. The van der Waals surface area contributed by atoms with Crippen LogP contribution in [-0.4, -0.2) is 11.3 Å². The summed E-state index contributed by atoms with van der Waals surface area (Å²) in [6.07, 6.45) is -2.83. The Labute approximate surface area is 98.3 Å². The molecule has 1 N–H and O–H groups in total. The highest BCUT2D eigenvalue weighted by molar-refractivity contribution is 5.34. The number of halogens is 3. The molecule has 1 aromatic rings. The Morgan fingerprint density at radius 3 is 2.41 bits per heavy atom. The lowest BCUT2D eigenvalue weighted by molar-refractivity contribution is -0.154. The maximum absolute atomic E-state index is 12.2. The van der Waals surface area contributed by atoms with E-state index in [1.54, 1.807) is 12.1 Å². The lowest BCUT2D eigenvalue weighted by atomic mass is 9.89. The van der Waals surface area contributed by atoms with E-state index in [0.717, 1.165) is 31.2 Å². The Morgan fingerprint density at radius 2 is 1.76 bits per heavy atom. The number of aryl methyl sites for hydroxylation is 2. The number of aliphatic hydroxyl groups excluding tert-OH is 1. The molecule has 17 heavy (non-hydrogen) atoms. The maximum atomic E-state index is 12.2. The molecule has 0 spiro atoms. The van der Waals surface area contributed by atoms with Gasteiger partial charge in [-0.1, -0.05) is 18.2 Å². The summed E-state index contributed by atoms with van der Waals surface area (Å²) in [6.45, 7) is 0. The van der Waals surface area contributed by atoms with Crippen molar-refractivity contribution in [3.05, 3.63) is 34.9 Å². The van der Waals surface area contributed by atoms with Crippen molar-refractivity contribution in [1.82, 2.24) is 0 Å². The van der Waals surface area contributed by atoms with Crippen LogP contribution in [-0.2, 0) is 12.8 Å². The number of rotatable bonds is 2. The molecule has 1 unspecified atom stereocenters. The van der Waals surface area contributed by atoms with Crippen LogP contribution in [0.3, 0.4) is 0 Å². The molecule has 94 valence electrons. The summed E-state index contributed by atoms with van der Waals surface area (Å²) >= 11 is 0. The van der Waals surface area contributed by atoms with Gasteiger partial charge >= 0.3 is 6.18 Å². The Morgan fingerprint density at radius 1 is 1.12 bits per heavy atom. The van der Waals surface area contributed by atoms with Crippen LogP contribution < -0.4 is 0 Å². The second-order valence-electron chi connectivity index (χ2n) is 4.57. The third kappa shape index (κ3) is 3.22. The van der Waals surface area contributed by atoms with Gasteiger partial charge in [0.2, 0.25) is 0 Å². The van der Waals surface area contributed by atoms with E-state index in [9.17, 15) is 18.3 Å². The summed E-state index contributed by atoms with van der Waals surface area (Å²) in [7, 11) is 0. The van der Waals surface area contributed by atoms with Crippen LogP contribution in [0, 0.1) is 0 Å². The van der Waals surface area contributed by atoms with Gasteiger partial charge in [-0.05, 0) is 42.4 Å². The van der Waals surface area contributed by atoms with Crippen LogP contribution in [0.1, 0.15) is 42.1 Å². The van der Waals surface area contributed by atoms with E-state index in [-0.39, 0.29) is 0 Å². The Bertz CT molecular complexity index is 398. The number of hydrogen-bond acceptors (Lipinski definition) is 1. The van der Waals surface area contributed by atoms with E-state index in [1.165, 1.54) is 5.56 Å². The van der Waals surface area contributed by atoms with E-state index in [2.05, 4.69) is 0 Å². The first-order chi connectivity index (χ1) is 7.96. The maximum Gasteiger partial charge on any atom is 0.391 e. The highest BCUT2D eigenvalue weighted by Crippen LogP contribution is 2.31. The first-order valence-corrected chi connectivity index (χ1v) is 5.82. The van der Waals surface area contributed by atoms with Gasteiger partial charge in [0, 0.05) is 0 Å². The third-order valence-electron chi connectivity index (χ3n) is 3.18. The molecular weight excluding hydrogens is 229 g/mol. The van der Waals surface area contributed by atoms with E-state index in [4.69, 9.17) is 0 Å². The molecule has 1 atom stereocenters. The standard InChI is InChI=1S/C13H15F3O/c14-13(15,16)8-12(17)11-6-5-9-3-1-2-4-10(9)7-11/h5-7,12,17H,1-4,8H2. The fourth-order valence-corrected chi connectivity index (χ4v) is 2.30. The lowest BCUT2D eigenvalue weighted by Crippen LogP contribution is -2.14. The van der Waals surface area contributed by atoms with Crippen molar-refractivity contribution in [2.75, 3.05) is 0 Å². The summed E-state index contributed by atoms with van der Waals surface area (Å²) in [5.74, 6) is 0. The number of alkyl halides is 3. The normalized spacial score (nSPS) is 17.6. The van der Waals surface area contributed by atoms with Gasteiger partial charge in [0.05, 0.1) is 12.5 Å². The molecule has 0 radical (unpaired) electrons. The summed E-state index contributed by atoms with van der Waals surface area (Å²) < 4.78 is 36.5. The molecule has 0 heterocycles. The molecular formula is C13H15F3O. The second kappa shape index (κ2) is 4.69. The van der Waals surface area contributed by atoms with E-state index < -0.39 is 18.7 Å². The summed E-state index contributed by atoms with van der Waals surface area (Å²) in [4.78, 5) is 0. The number of benzene rings is 1. The van der Waals surface area contributed by atoms with Gasteiger partial charge in [-0.2, -0.15) is 13.2 Å². The quantitative estimate of drug-likeness (QED) is 0.843. The molecule has 0 saturated heterocycles. The average Bonchev–Trinajstić information content (AvgIpc) is 2.26. The molecule has 0 saturated carbocycles. The number of fused-ring (bicyclic) bond motifs is 1. The molecule has 1 nitrogen and oxygen atoms in total. The Hall–Kier alpha value is -1.03. The predicted octanol–water partition coefficient (Wildman–Crippen LogP) is 3.55.